The normalized spacial score (nSPS) is 14.1. The Balaban J connectivity index is 1.63. The monoisotopic (exact) mass is 321 g/mol. The maximum absolute atomic E-state index is 12.7. The van der Waals surface area contributed by atoms with E-state index in [0.717, 1.165) is 40.9 Å². The molecule has 3 aromatic rings. The fourth-order valence-electron chi connectivity index (χ4n) is 2.84. The van der Waals surface area contributed by atoms with Gasteiger partial charge in [-0.15, -0.1) is 0 Å². The van der Waals surface area contributed by atoms with Crippen molar-refractivity contribution in [3.63, 3.8) is 0 Å². The Morgan fingerprint density at radius 3 is 2.75 bits per heavy atom. The summed E-state index contributed by atoms with van der Waals surface area (Å²) >= 11 is 0. The molecule has 0 saturated heterocycles. The predicted octanol–water partition coefficient (Wildman–Crippen LogP) is 3.65. The molecule has 1 amide bonds. The van der Waals surface area contributed by atoms with E-state index in [1.807, 2.05) is 44.2 Å². The van der Waals surface area contributed by atoms with Crippen molar-refractivity contribution in [1.29, 1.82) is 0 Å². The number of oxazole rings is 1. The molecule has 2 aromatic heterocycles. The Hall–Kier alpha value is -2.69. The molecule has 122 valence electrons. The first-order valence-electron chi connectivity index (χ1n) is 8.22. The van der Waals surface area contributed by atoms with Crippen LogP contribution in [0.2, 0.25) is 0 Å². The average Bonchev–Trinajstić information content (AvgIpc) is 3.38. The van der Waals surface area contributed by atoms with E-state index >= 15 is 0 Å². The van der Waals surface area contributed by atoms with Gasteiger partial charge in [0.25, 0.3) is 5.91 Å². The third-order valence-electron chi connectivity index (χ3n) is 4.45. The fourth-order valence-corrected chi connectivity index (χ4v) is 2.84. The second-order valence-electron chi connectivity index (χ2n) is 6.32. The van der Waals surface area contributed by atoms with Crippen LogP contribution in [0.3, 0.4) is 0 Å². The minimum atomic E-state index is -0.121. The summed E-state index contributed by atoms with van der Waals surface area (Å²) in [6.07, 6.45) is 2.31. The van der Waals surface area contributed by atoms with Gasteiger partial charge in [0.15, 0.2) is 0 Å². The number of nitrogens with one attached hydrogen (secondary N) is 1. The molecule has 4 rings (SSSR count). The Morgan fingerprint density at radius 1 is 1.25 bits per heavy atom. The number of carbonyl (C=O) groups excluding carboxylic acids is 1. The first-order valence-corrected chi connectivity index (χ1v) is 8.22. The number of pyridine rings is 1. The summed E-state index contributed by atoms with van der Waals surface area (Å²) in [5.74, 6) is 1.69. The van der Waals surface area contributed by atoms with Crippen molar-refractivity contribution in [3.8, 4) is 0 Å². The van der Waals surface area contributed by atoms with E-state index in [-0.39, 0.29) is 12.5 Å². The molecule has 24 heavy (non-hydrogen) atoms. The lowest BCUT2D eigenvalue weighted by atomic mass is 10.1. The molecule has 1 N–H and O–H groups in total. The van der Waals surface area contributed by atoms with Crippen molar-refractivity contribution in [2.24, 2.45) is 0 Å². The van der Waals surface area contributed by atoms with E-state index in [1.54, 1.807) is 0 Å². The Bertz CT molecular complexity index is 906. The highest BCUT2D eigenvalue weighted by atomic mass is 16.4. The number of amides is 1. The molecular formula is C19H19N3O2. The maximum Gasteiger partial charge on any atom is 0.252 e. The van der Waals surface area contributed by atoms with Crippen LogP contribution >= 0.6 is 0 Å². The summed E-state index contributed by atoms with van der Waals surface area (Å²) in [7, 11) is 0. The van der Waals surface area contributed by atoms with Crippen LogP contribution < -0.4 is 5.32 Å². The molecule has 2 heterocycles. The van der Waals surface area contributed by atoms with Gasteiger partial charge in [0.1, 0.15) is 5.76 Å². The molecule has 0 aliphatic heterocycles. The van der Waals surface area contributed by atoms with Crippen molar-refractivity contribution < 1.29 is 9.21 Å². The van der Waals surface area contributed by atoms with Crippen LogP contribution in [-0.2, 0) is 6.54 Å². The summed E-state index contributed by atoms with van der Waals surface area (Å²) in [4.78, 5) is 21.7. The molecule has 0 bridgehead atoms. The van der Waals surface area contributed by atoms with Gasteiger partial charge in [0.2, 0.25) is 5.89 Å². The number of benzene rings is 1. The van der Waals surface area contributed by atoms with Crippen LogP contribution in [0.1, 0.15) is 52.2 Å². The molecule has 1 saturated carbocycles. The molecule has 0 atom stereocenters. The maximum atomic E-state index is 12.7. The Kier molecular flexibility index (Phi) is 3.56. The fraction of sp³-hybridized carbons (Fsp3) is 0.316. The number of para-hydroxylation sites is 1. The summed E-state index contributed by atoms with van der Waals surface area (Å²) in [5, 5.41) is 3.79. The Morgan fingerprint density at radius 2 is 2.04 bits per heavy atom. The molecule has 1 aliphatic carbocycles. The van der Waals surface area contributed by atoms with E-state index in [9.17, 15) is 4.79 Å². The number of nitrogens with zero attached hydrogens (tertiary/aromatic N) is 2. The molecule has 0 radical (unpaired) electrons. The van der Waals surface area contributed by atoms with Crippen molar-refractivity contribution >= 4 is 16.8 Å². The minimum Gasteiger partial charge on any atom is -0.444 e. The van der Waals surface area contributed by atoms with Gasteiger partial charge in [-0.05, 0) is 38.8 Å². The third-order valence-corrected chi connectivity index (χ3v) is 4.45. The topological polar surface area (TPSA) is 68.0 Å². The number of carbonyl (C=O) groups is 1. The molecule has 5 heteroatoms. The molecule has 0 spiro atoms. The Labute approximate surface area is 140 Å². The van der Waals surface area contributed by atoms with E-state index in [4.69, 9.17) is 9.40 Å². The van der Waals surface area contributed by atoms with E-state index in [1.165, 1.54) is 0 Å². The highest BCUT2D eigenvalue weighted by Gasteiger charge is 2.27. The summed E-state index contributed by atoms with van der Waals surface area (Å²) in [6, 6.07) is 9.71. The minimum absolute atomic E-state index is 0.121. The summed E-state index contributed by atoms with van der Waals surface area (Å²) in [6.45, 7) is 4.04. The predicted molar refractivity (Wildman–Crippen MR) is 90.9 cm³/mol. The molecule has 0 unspecified atom stereocenters. The SMILES string of the molecule is Cc1nc(CNC(=O)c2cc(C3CC3)nc3ccccc23)oc1C. The zero-order valence-corrected chi connectivity index (χ0v) is 13.8. The third kappa shape index (κ3) is 2.77. The van der Waals surface area contributed by atoms with Gasteiger partial charge < -0.3 is 9.73 Å². The molecule has 1 aromatic carbocycles. The summed E-state index contributed by atoms with van der Waals surface area (Å²) < 4.78 is 5.52. The van der Waals surface area contributed by atoms with Crippen LogP contribution in [0.5, 0.6) is 0 Å². The van der Waals surface area contributed by atoms with Gasteiger partial charge in [0, 0.05) is 17.0 Å². The van der Waals surface area contributed by atoms with Crippen molar-refractivity contribution in [2.75, 3.05) is 0 Å². The number of hydrogen-bond acceptors (Lipinski definition) is 4. The number of aromatic nitrogens is 2. The first-order chi connectivity index (χ1) is 11.6. The van der Waals surface area contributed by atoms with Crippen LogP contribution in [0, 0.1) is 13.8 Å². The lowest BCUT2D eigenvalue weighted by Crippen LogP contribution is -2.23. The standard InChI is InChI=1S/C19H19N3O2/c1-11-12(2)24-18(21-11)10-20-19(23)15-9-17(13-7-8-13)22-16-6-4-3-5-14(15)16/h3-6,9,13H,7-8,10H2,1-2H3,(H,20,23). The van der Waals surface area contributed by atoms with Crippen LogP contribution in [0.4, 0.5) is 0 Å². The molecule has 5 nitrogen and oxygen atoms in total. The van der Waals surface area contributed by atoms with Crippen LogP contribution in [-0.4, -0.2) is 15.9 Å². The second-order valence-corrected chi connectivity index (χ2v) is 6.32. The number of aryl methyl sites for hydroxylation is 2. The second kappa shape index (κ2) is 5.74. The number of fused-ring (bicyclic) bond motifs is 1. The van der Waals surface area contributed by atoms with Crippen molar-refractivity contribution in [2.45, 2.75) is 39.2 Å². The largest absolute Gasteiger partial charge is 0.444 e. The molecule has 1 aliphatic rings. The number of rotatable bonds is 4. The van der Waals surface area contributed by atoms with Crippen molar-refractivity contribution in [3.05, 3.63) is 58.9 Å². The lowest BCUT2D eigenvalue weighted by Gasteiger charge is -2.09. The van der Waals surface area contributed by atoms with Gasteiger partial charge in [0.05, 0.1) is 23.3 Å². The zero-order valence-electron chi connectivity index (χ0n) is 13.8. The quantitative estimate of drug-likeness (QED) is 0.796. The smallest absolute Gasteiger partial charge is 0.252 e. The highest BCUT2D eigenvalue weighted by Crippen LogP contribution is 2.40. The summed E-state index contributed by atoms with van der Waals surface area (Å²) in [5.41, 5.74) is 3.41. The average molecular weight is 321 g/mol. The van der Waals surface area contributed by atoms with E-state index < -0.39 is 0 Å². The van der Waals surface area contributed by atoms with Gasteiger partial charge in [-0.3, -0.25) is 9.78 Å². The van der Waals surface area contributed by atoms with Crippen molar-refractivity contribution in [1.82, 2.24) is 15.3 Å². The molecule has 1 fully saturated rings. The zero-order chi connectivity index (χ0) is 16.7. The van der Waals surface area contributed by atoms with Gasteiger partial charge >= 0.3 is 0 Å². The van der Waals surface area contributed by atoms with E-state index in [2.05, 4.69) is 10.3 Å². The van der Waals surface area contributed by atoms with Gasteiger partial charge in [-0.25, -0.2) is 4.98 Å². The first kappa shape index (κ1) is 14.9. The lowest BCUT2D eigenvalue weighted by molar-refractivity contribution is 0.0948. The van der Waals surface area contributed by atoms with E-state index in [0.29, 0.717) is 17.4 Å². The van der Waals surface area contributed by atoms with Crippen LogP contribution in [0.25, 0.3) is 10.9 Å². The van der Waals surface area contributed by atoms with Gasteiger partial charge in [-0.2, -0.15) is 0 Å². The number of hydrogen-bond donors (Lipinski definition) is 1. The molecular weight excluding hydrogens is 302 g/mol. The van der Waals surface area contributed by atoms with Gasteiger partial charge in [-0.1, -0.05) is 18.2 Å². The van der Waals surface area contributed by atoms with Crippen LogP contribution in [0.15, 0.2) is 34.7 Å². The highest BCUT2D eigenvalue weighted by molar-refractivity contribution is 6.06.